The molecule has 0 saturated carbocycles. The van der Waals surface area contributed by atoms with Gasteiger partial charge in [0.05, 0.1) is 0 Å². The molecule has 0 aromatic rings. The monoisotopic (exact) mass is 151 g/mol. The molecule has 0 saturated heterocycles. The smallest absolute Gasteiger partial charge is 0.223 e. The zero-order chi connectivity index (χ0) is 6.57. The molecule has 0 heterocycles. The van der Waals surface area contributed by atoms with Gasteiger partial charge in [0.15, 0.2) is 0 Å². The minimum Gasteiger partial charge on any atom is -0.413 e. The van der Waals surface area contributed by atoms with Gasteiger partial charge < -0.3 is 4.43 Å². The average molecular weight is 152 g/mol. The van der Waals surface area contributed by atoms with Crippen molar-refractivity contribution in [2.45, 2.75) is 26.5 Å². The van der Waals surface area contributed by atoms with E-state index in [1.807, 2.05) is 13.8 Å². The highest BCUT2D eigenvalue weighted by Crippen LogP contribution is 1.94. The molecule has 0 aliphatic heterocycles. The summed E-state index contributed by atoms with van der Waals surface area (Å²) in [6, 6.07) is 0. The van der Waals surface area contributed by atoms with E-state index in [0.717, 1.165) is 0 Å². The average Bonchev–Trinajstić information content (AvgIpc) is 1.65. The molecule has 0 aromatic heterocycles. The number of rotatable bonds is 3. The molecule has 49 valence electrons. The van der Waals surface area contributed by atoms with Crippen LogP contribution < -0.4 is 0 Å². The fraction of sp³-hybridized carbons (Fsp3) is 1.00. The first-order chi connectivity index (χ1) is 3.66. The molecule has 0 atom stereocenters. The third-order valence-electron chi connectivity index (χ3n) is 0.625. The van der Waals surface area contributed by atoms with Crippen molar-refractivity contribution >= 4 is 20.6 Å². The van der Waals surface area contributed by atoms with Crippen LogP contribution in [0.5, 0.6) is 0 Å². The second kappa shape index (κ2) is 4.36. The minimum atomic E-state index is -0.663. The van der Waals surface area contributed by atoms with Crippen LogP contribution in [0.25, 0.3) is 0 Å². The van der Waals surface area contributed by atoms with E-state index in [4.69, 9.17) is 16.0 Å². The molecule has 1 nitrogen and oxygen atoms in total. The van der Waals surface area contributed by atoms with Gasteiger partial charge in [-0.15, -0.1) is 11.6 Å². The lowest BCUT2D eigenvalue weighted by Crippen LogP contribution is -2.20. The molecule has 0 N–H and O–H groups in total. The van der Waals surface area contributed by atoms with Crippen LogP contribution in [0.3, 0.4) is 0 Å². The van der Waals surface area contributed by atoms with Gasteiger partial charge >= 0.3 is 0 Å². The molecule has 0 rings (SSSR count). The van der Waals surface area contributed by atoms with Gasteiger partial charge in [0, 0.05) is 11.6 Å². The van der Waals surface area contributed by atoms with Gasteiger partial charge in [-0.25, -0.2) is 0 Å². The van der Waals surface area contributed by atoms with Crippen molar-refractivity contribution < 1.29 is 4.43 Å². The zero-order valence-electron chi connectivity index (χ0n) is 5.57. The first-order valence-corrected chi connectivity index (χ1v) is 5.37. The van der Waals surface area contributed by atoms with Crippen molar-refractivity contribution in [1.29, 1.82) is 0 Å². The van der Waals surface area contributed by atoms with Crippen LogP contribution in [0.15, 0.2) is 0 Å². The van der Waals surface area contributed by atoms with Gasteiger partial charge in [0.25, 0.3) is 0 Å². The maximum atomic E-state index is 5.52. The van der Waals surface area contributed by atoms with E-state index >= 15 is 0 Å². The van der Waals surface area contributed by atoms with Crippen LogP contribution in [-0.4, -0.2) is 20.6 Å². The molecule has 1 radical (unpaired) electrons. The van der Waals surface area contributed by atoms with Crippen LogP contribution >= 0.6 is 11.6 Å². The molecule has 3 heteroatoms. The third-order valence-corrected chi connectivity index (χ3v) is 3.00. The van der Waals surface area contributed by atoms with Crippen LogP contribution in [0.4, 0.5) is 0 Å². The van der Waals surface area contributed by atoms with Crippen molar-refractivity contribution in [1.82, 2.24) is 0 Å². The molecular weight excluding hydrogens is 140 g/mol. The van der Waals surface area contributed by atoms with Crippen LogP contribution in [0.1, 0.15) is 13.8 Å². The quantitative estimate of drug-likeness (QED) is 0.442. The lowest BCUT2D eigenvalue weighted by atomic mass is 10.5. The van der Waals surface area contributed by atoms with Crippen molar-refractivity contribution in [2.24, 2.45) is 0 Å². The Morgan fingerprint density at radius 1 is 1.62 bits per heavy atom. The van der Waals surface area contributed by atoms with E-state index in [-0.39, 0.29) is 0 Å². The van der Waals surface area contributed by atoms with Crippen LogP contribution in [0, 0.1) is 0 Å². The van der Waals surface area contributed by atoms with Crippen molar-refractivity contribution in [2.75, 3.05) is 5.50 Å². The maximum absolute atomic E-state index is 5.52. The number of hydrogen-bond donors (Lipinski definition) is 0. The highest BCUT2D eigenvalue weighted by atomic mass is 35.5. The van der Waals surface area contributed by atoms with Gasteiger partial charge in [0.2, 0.25) is 9.04 Å². The normalized spacial score (nSPS) is 11.2. The first kappa shape index (κ1) is 8.47. The lowest BCUT2D eigenvalue weighted by Gasteiger charge is -2.09. The molecule has 0 aromatic carbocycles. The van der Waals surface area contributed by atoms with Crippen molar-refractivity contribution in [3.8, 4) is 0 Å². The van der Waals surface area contributed by atoms with Crippen molar-refractivity contribution in [3.05, 3.63) is 0 Å². The summed E-state index contributed by atoms with van der Waals surface area (Å²) in [5.74, 6) is 0. The summed E-state index contributed by atoms with van der Waals surface area (Å²) in [6.45, 7) is 6.12. The summed E-state index contributed by atoms with van der Waals surface area (Å²) < 4.78 is 5.37. The lowest BCUT2D eigenvalue weighted by molar-refractivity contribution is 0.247. The molecule has 0 bridgehead atoms. The van der Waals surface area contributed by atoms with E-state index in [0.29, 0.717) is 11.6 Å². The molecule has 0 unspecified atom stereocenters. The summed E-state index contributed by atoms with van der Waals surface area (Å²) in [4.78, 5) is 0. The van der Waals surface area contributed by atoms with E-state index in [9.17, 15) is 0 Å². The molecule has 0 aliphatic carbocycles. The predicted molar refractivity (Wildman–Crippen MR) is 38.6 cm³/mol. The van der Waals surface area contributed by atoms with Crippen molar-refractivity contribution in [3.63, 3.8) is 0 Å². The number of halogens is 1. The second-order valence-electron chi connectivity index (χ2n) is 2.00. The molecule has 0 fully saturated rings. The Morgan fingerprint density at radius 3 is 2.25 bits per heavy atom. The van der Waals surface area contributed by atoms with Gasteiger partial charge in [-0.1, -0.05) is 0 Å². The standard InChI is InChI=1S/C5H12ClOSi/c1-5(2)7-8(3)4-6/h5H,4H2,1-3H3. The largest absolute Gasteiger partial charge is 0.413 e. The Morgan fingerprint density at radius 2 is 2.12 bits per heavy atom. The third kappa shape index (κ3) is 4.62. The minimum absolute atomic E-state index is 0.340. The maximum Gasteiger partial charge on any atom is 0.223 e. The molecule has 0 aliphatic rings. The highest BCUT2D eigenvalue weighted by molar-refractivity contribution is 6.60. The first-order valence-electron chi connectivity index (χ1n) is 2.72. The summed E-state index contributed by atoms with van der Waals surface area (Å²) >= 11 is 5.52. The summed E-state index contributed by atoms with van der Waals surface area (Å²) in [6.07, 6.45) is 0.340. The number of hydrogen-bond acceptors (Lipinski definition) is 1. The van der Waals surface area contributed by atoms with Gasteiger partial charge in [0.1, 0.15) is 0 Å². The van der Waals surface area contributed by atoms with E-state index in [1.54, 1.807) is 0 Å². The Balaban J connectivity index is 3.10. The highest BCUT2D eigenvalue weighted by Gasteiger charge is 2.04. The Bertz CT molecular complexity index is 58.4. The number of alkyl halides is 1. The van der Waals surface area contributed by atoms with Crippen LogP contribution in [0.2, 0.25) is 6.55 Å². The summed E-state index contributed by atoms with van der Waals surface area (Å²) in [5.41, 5.74) is 0.683. The van der Waals surface area contributed by atoms with E-state index in [1.165, 1.54) is 0 Å². The van der Waals surface area contributed by atoms with Gasteiger partial charge in [-0.2, -0.15) is 0 Å². The SMILES string of the molecule is CC(C)O[Si](C)CCl. The summed E-state index contributed by atoms with van der Waals surface area (Å²) in [5, 5.41) is 0. The topological polar surface area (TPSA) is 9.23 Å². The Labute approximate surface area is 57.7 Å². The second-order valence-corrected chi connectivity index (χ2v) is 4.71. The molecular formula is C5H12ClOSi. The zero-order valence-corrected chi connectivity index (χ0v) is 7.33. The molecule has 0 amide bonds. The fourth-order valence-electron chi connectivity index (χ4n) is 0.434. The molecule has 0 spiro atoms. The van der Waals surface area contributed by atoms with Gasteiger partial charge in [-0.05, 0) is 20.4 Å². The van der Waals surface area contributed by atoms with E-state index < -0.39 is 9.04 Å². The van der Waals surface area contributed by atoms with E-state index in [2.05, 4.69) is 6.55 Å². The van der Waals surface area contributed by atoms with Gasteiger partial charge in [-0.3, -0.25) is 0 Å². The fourth-order valence-corrected chi connectivity index (χ4v) is 1.49. The van der Waals surface area contributed by atoms with Crippen LogP contribution in [-0.2, 0) is 4.43 Å². The predicted octanol–water partition coefficient (Wildman–Crippen LogP) is 1.81. The Hall–Kier alpha value is 0.467. The Kier molecular flexibility index (Phi) is 4.61. The summed E-state index contributed by atoms with van der Waals surface area (Å²) in [7, 11) is -0.663. The molecule has 8 heavy (non-hydrogen) atoms.